The third-order valence-electron chi connectivity index (χ3n) is 2.16. The van der Waals surface area contributed by atoms with Gasteiger partial charge in [0.25, 0.3) is 0 Å². The van der Waals surface area contributed by atoms with Crippen molar-refractivity contribution in [3.05, 3.63) is 24.3 Å². The zero-order valence-electron chi connectivity index (χ0n) is 8.88. The molecule has 2 aromatic rings. The second-order valence-electron chi connectivity index (χ2n) is 3.32. The number of nitrogens with zero attached hydrogens (tertiary/aromatic N) is 5. The molecule has 2 aromatic heterocycles. The number of hydrogen-bond acceptors (Lipinski definition) is 4. The van der Waals surface area contributed by atoms with Gasteiger partial charge in [0, 0.05) is 26.0 Å². The van der Waals surface area contributed by atoms with E-state index in [1.54, 1.807) is 10.9 Å². The number of hydrogen-bond donors (Lipinski definition) is 1. The molecule has 0 atom stereocenters. The van der Waals surface area contributed by atoms with Crippen LogP contribution in [0.3, 0.4) is 0 Å². The van der Waals surface area contributed by atoms with E-state index in [1.165, 1.54) is 0 Å². The van der Waals surface area contributed by atoms with Crippen LogP contribution in [0.1, 0.15) is 5.69 Å². The third-order valence-corrected chi connectivity index (χ3v) is 2.16. The summed E-state index contributed by atoms with van der Waals surface area (Å²) in [6.45, 7) is 3.61. The first-order valence-electron chi connectivity index (χ1n) is 4.85. The molecule has 80 valence electrons. The number of nitrogens with one attached hydrogen (secondary N) is 1. The van der Waals surface area contributed by atoms with Gasteiger partial charge in [-0.1, -0.05) is 5.21 Å². The maximum absolute atomic E-state index is 4.34. The molecule has 0 aliphatic heterocycles. The van der Waals surface area contributed by atoms with Gasteiger partial charge in [0.15, 0.2) is 0 Å². The van der Waals surface area contributed by atoms with Gasteiger partial charge in [0.1, 0.15) is 0 Å². The second-order valence-corrected chi connectivity index (χ2v) is 3.32. The Kier molecular flexibility index (Phi) is 2.66. The molecule has 1 N–H and O–H groups in total. The molecule has 0 spiro atoms. The smallest absolute Gasteiger partial charge is 0.202 e. The molecule has 2 heterocycles. The Labute approximate surface area is 87.9 Å². The fourth-order valence-electron chi connectivity index (χ4n) is 1.48. The minimum absolute atomic E-state index is 0.796. The van der Waals surface area contributed by atoms with Crippen molar-refractivity contribution in [2.75, 3.05) is 12.4 Å². The lowest BCUT2D eigenvalue weighted by atomic mass is 10.5. The molecule has 0 unspecified atom stereocenters. The summed E-state index contributed by atoms with van der Waals surface area (Å²) in [6.07, 6.45) is 5.55. The van der Waals surface area contributed by atoms with Crippen LogP contribution in [0, 0.1) is 6.92 Å². The lowest BCUT2D eigenvalue weighted by molar-refractivity contribution is 0.522. The lowest BCUT2D eigenvalue weighted by Gasteiger charge is -2.06. The van der Waals surface area contributed by atoms with E-state index in [0.717, 1.165) is 24.7 Å². The van der Waals surface area contributed by atoms with Crippen LogP contribution >= 0.6 is 0 Å². The second kappa shape index (κ2) is 4.12. The van der Waals surface area contributed by atoms with Crippen molar-refractivity contribution in [1.29, 1.82) is 0 Å². The molecular weight excluding hydrogens is 192 g/mol. The Morgan fingerprint density at radius 2 is 2.27 bits per heavy atom. The van der Waals surface area contributed by atoms with Gasteiger partial charge in [0.2, 0.25) is 5.95 Å². The molecule has 2 rings (SSSR count). The highest BCUT2D eigenvalue weighted by molar-refractivity contribution is 5.27. The summed E-state index contributed by atoms with van der Waals surface area (Å²) in [5.41, 5.74) is 1.01. The van der Waals surface area contributed by atoms with Crippen molar-refractivity contribution in [3.8, 4) is 0 Å². The van der Waals surface area contributed by atoms with Crippen LogP contribution in [-0.4, -0.2) is 31.6 Å². The first-order chi connectivity index (χ1) is 7.29. The number of imidazole rings is 1. The average molecular weight is 206 g/mol. The maximum Gasteiger partial charge on any atom is 0.202 e. The molecule has 6 heteroatoms. The third kappa shape index (κ3) is 2.15. The van der Waals surface area contributed by atoms with Crippen LogP contribution in [0.4, 0.5) is 5.95 Å². The monoisotopic (exact) mass is 206 g/mol. The highest BCUT2D eigenvalue weighted by atomic mass is 15.4. The zero-order chi connectivity index (χ0) is 10.7. The number of rotatable bonds is 4. The molecule has 0 bridgehead atoms. The molecule has 0 aliphatic carbocycles. The normalized spacial score (nSPS) is 10.5. The fourth-order valence-corrected chi connectivity index (χ4v) is 1.48. The van der Waals surface area contributed by atoms with E-state index in [4.69, 9.17) is 0 Å². The van der Waals surface area contributed by atoms with Gasteiger partial charge in [-0.05, 0) is 6.92 Å². The Hall–Kier alpha value is -1.85. The van der Waals surface area contributed by atoms with Gasteiger partial charge >= 0.3 is 0 Å². The number of aromatic nitrogens is 5. The lowest BCUT2D eigenvalue weighted by Crippen LogP contribution is -2.09. The highest BCUT2D eigenvalue weighted by Gasteiger charge is 2.03. The largest absolute Gasteiger partial charge is 0.359 e. The van der Waals surface area contributed by atoms with Crippen LogP contribution in [0.5, 0.6) is 0 Å². The van der Waals surface area contributed by atoms with E-state index in [-0.39, 0.29) is 0 Å². The van der Waals surface area contributed by atoms with Crippen LogP contribution in [0.2, 0.25) is 0 Å². The Balaban J connectivity index is 2.04. The summed E-state index contributed by atoms with van der Waals surface area (Å²) in [7, 11) is 1.87. The van der Waals surface area contributed by atoms with Gasteiger partial charge in [-0.2, -0.15) is 0 Å². The summed E-state index contributed by atoms with van der Waals surface area (Å²) >= 11 is 0. The van der Waals surface area contributed by atoms with Crippen molar-refractivity contribution in [2.45, 2.75) is 20.0 Å². The summed E-state index contributed by atoms with van der Waals surface area (Å²) in [4.78, 5) is 4.34. The number of anilines is 1. The van der Waals surface area contributed by atoms with E-state index >= 15 is 0 Å². The van der Waals surface area contributed by atoms with Crippen LogP contribution < -0.4 is 5.32 Å². The molecule has 0 saturated carbocycles. The molecule has 0 aromatic carbocycles. The Bertz CT molecular complexity index is 416. The van der Waals surface area contributed by atoms with Gasteiger partial charge < -0.3 is 9.88 Å². The average Bonchev–Trinajstić information content (AvgIpc) is 2.83. The predicted molar refractivity (Wildman–Crippen MR) is 56.5 cm³/mol. The van der Waals surface area contributed by atoms with Crippen molar-refractivity contribution in [3.63, 3.8) is 0 Å². The minimum atomic E-state index is 0.796. The first-order valence-corrected chi connectivity index (χ1v) is 4.85. The summed E-state index contributed by atoms with van der Waals surface area (Å²) in [6, 6.07) is 0. The van der Waals surface area contributed by atoms with Gasteiger partial charge in [-0.25, -0.2) is 4.98 Å². The molecule has 0 aliphatic rings. The minimum Gasteiger partial charge on any atom is -0.359 e. The zero-order valence-corrected chi connectivity index (χ0v) is 8.88. The highest BCUT2D eigenvalue weighted by Crippen LogP contribution is 2.07. The van der Waals surface area contributed by atoms with Gasteiger partial charge in [0.05, 0.1) is 18.4 Å². The van der Waals surface area contributed by atoms with Crippen LogP contribution in [-0.2, 0) is 13.1 Å². The topological polar surface area (TPSA) is 60.6 Å². The number of aryl methyl sites for hydroxylation is 3. The van der Waals surface area contributed by atoms with Crippen LogP contribution in [0.25, 0.3) is 0 Å². The van der Waals surface area contributed by atoms with Gasteiger partial charge in [-0.15, -0.1) is 5.10 Å². The standard InChI is InChI=1S/C9H14N6/c1-8-7-14(9(10-2)12-8)5-6-15-4-3-11-13-15/h3-4,7H,5-6H2,1-2H3,(H,10,12). The Morgan fingerprint density at radius 1 is 1.40 bits per heavy atom. The molecule has 15 heavy (non-hydrogen) atoms. The molecule has 0 radical (unpaired) electrons. The quantitative estimate of drug-likeness (QED) is 0.792. The van der Waals surface area contributed by atoms with E-state index < -0.39 is 0 Å². The molecule has 6 nitrogen and oxygen atoms in total. The Morgan fingerprint density at radius 3 is 2.93 bits per heavy atom. The van der Waals surface area contributed by atoms with E-state index in [0.29, 0.717) is 0 Å². The SMILES string of the molecule is CNc1nc(C)cn1CCn1ccnn1. The summed E-state index contributed by atoms with van der Waals surface area (Å²) in [5, 5.41) is 10.7. The summed E-state index contributed by atoms with van der Waals surface area (Å²) in [5.74, 6) is 0.882. The predicted octanol–water partition coefficient (Wildman–Crippen LogP) is 0.525. The van der Waals surface area contributed by atoms with Gasteiger partial charge in [-0.3, -0.25) is 4.68 Å². The fraction of sp³-hybridized carbons (Fsp3) is 0.444. The van der Waals surface area contributed by atoms with Crippen molar-refractivity contribution in [1.82, 2.24) is 24.5 Å². The van der Waals surface area contributed by atoms with E-state index in [9.17, 15) is 0 Å². The molecular formula is C9H14N6. The molecule has 0 saturated heterocycles. The van der Waals surface area contributed by atoms with E-state index in [2.05, 4.69) is 25.2 Å². The van der Waals surface area contributed by atoms with Crippen molar-refractivity contribution in [2.24, 2.45) is 0 Å². The van der Waals surface area contributed by atoms with Crippen molar-refractivity contribution >= 4 is 5.95 Å². The van der Waals surface area contributed by atoms with E-state index in [1.807, 2.05) is 26.4 Å². The molecule has 0 amide bonds. The molecule has 0 fully saturated rings. The summed E-state index contributed by atoms with van der Waals surface area (Å²) < 4.78 is 3.87. The maximum atomic E-state index is 4.34. The van der Waals surface area contributed by atoms with Crippen LogP contribution in [0.15, 0.2) is 18.6 Å². The van der Waals surface area contributed by atoms with Crippen molar-refractivity contribution < 1.29 is 0 Å². The first kappa shape index (κ1) is 9.70.